The molecule has 0 radical (unpaired) electrons. The van der Waals surface area contributed by atoms with Crippen molar-refractivity contribution < 1.29 is 9.13 Å². The summed E-state index contributed by atoms with van der Waals surface area (Å²) in [4.78, 5) is 9.52. The Bertz CT molecular complexity index is 1450. The standard InChI is InChI=1S/C24H15FN6OS2/c25-18-3-1-15(2-4-18)21-8-20(17-10-29-30-11-17)23(12-27-21)32-22-6-5-19(7-16(22)9-26)34-31-24-13-33-14-28-24/h1-8,10-14,31H,(H,29,30). The van der Waals surface area contributed by atoms with Crippen LogP contribution in [0.4, 0.5) is 10.2 Å². The van der Waals surface area contributed by atoms with Crippen LogP contribution in [0, 0.1) is 17.1 Å². The number of anilines is 1. The van der Waals surface area contributed by atoms with Crippen LogP contribution in [0.2, 0.25) is 0 Å². The molecule has 3 heterocycles. The number of halogens is 1. The van der Waals surface area contributed by atoms with Crippen LogP contribution >= 0.6 is 23.3 Å². The minimum atomic E-state index is -0.314. The minimum absolute atomic E-state index is 0.314. The van der Waals surface area contributed by atoms with Gasteiger partial charge in [0.2, 0.25) is 0 Å². The van der Waals surface area contributed by atoms with Crippen LogP contribution in [0.5, 0.6) is 11.5 Å². The van der Waals surface area contributed by atoms with E-state index in [-0.39, 0.29) is 5.82 Å². The van der Waals surface area contributed by atoms with Crippen LogP contribution in [0.25, 0.3) is 22.4 Å². The van der Waals surface area contributed by atoms with Crippen LogP contribution in [-0.4, -0.2) is 20.2 Å². The normalized spacial score (nSPS) is 10.6. The quantitative estimate of drug-likeness (QED) is 0.253. The number of aromatic amines is 1. The maximum atomic E-state index is 13.3. The molecular weight excluding hydrogens is 471 g/mol. The predicted molar refractivity (Wildman–Crippen MR) is 130 cm³/mol. The summed E-state index contributed by atoms with van der Waals surface area (Å²) >= 11 is 2.86. The number of nitriles is 1. The molecule has 166 valence electrons. The van der Waals surface area contributed by atoms with Gasteiger partial charge in [-0.3, -0.25) is 10.1 Å². The highest BCUT2D eigenvalue weighted by Gasteiger charge is 2.15. The van der Waals surface area contributed by atoms with Gasteiger partial charge >= 0.3 is 0 Å². The van der Waals surface area contributed by atoms with E-state index in [1.807, 2.05) is 17.5 Å². The average Bonchev–Trinajstić information content (AvgIpc) is 3.59. The first-order valence-corrected chi connectivity index (χ1v) is 11.7. The number of pyridine rings is 1. The third-order valence-corrected chi connectivity index (χ3v) is 6.20. The highest BCUT2D eigenvalue weighted by Crippen LogP contribution is 2.37. The zero-order chi connectivity index (χ0) is 23.3. The van der Waals surface area contributed by atoms with Crippen molar-refractivity contribution in [1.29, 1.82) is 5.26 Å². The van der Waals surface area contributed by atoms with Gasteiger partial charge in [0, 0.05) is 33.2 Å². The van der Waals surface area contributed by atoms with E-state index in [1.54, 1.807) is 48.4 Å². The first-order chi connectivity index (χ1) is 16.7. The summed E-state index contributed by atoms with van der Waals surface area (Å²) in [6, 6.07) is 15.5. The molecule has 0 unspecified atom stereocenters. The zero-order valence-electron chi connectivity index (χ0n) is 17.4. The fraction of sp³-hybridized carbons (Fsp3) is 0. The molecule has 5 aromatic rings. The highest BCUT2D eigenvalue weighted by molar-refractivity contribution is 8.00. The van der Waals surface area contributed by atoms with Gasteiger partial charge in [-0.05, 0) is 60.5 Å². The molecule has 34 heavy (non-hydrogen) atoms. The van der Waals surface area contributed by atoms with Gasteiger partial charge in [-0.2, -0.15) is 10.4 Å². The van der Waals surface area contributed by atoms with E-state index in [4.69, 9.17) is 4.74 Å². The second-order valence-corrected chi connectivity index (χ2v) is 8.61. The molecule has 5 rings (SSSR count). The van der Waals surface area contributed by atoms with Crippen LogP contribution in [0.15, 0.2) is 82.9 Å². The summed E-state index contributed by atoms with van der Waals surface area (Å²) in [6.45, 7) is 0. The molecule has 3 aromatic heterocycles. The molecule has 0 aliphatic heterocycles. The van der Waals surface area contributed by atoms with E-state index in [9.17, 15) is 9.65 Å². The third kappa shape index (κ3) is 4.76. The average molecular weight is 487 g/mol. The zero-order valence-corrected chi connectivity index (χ0v) is 19.0. The molecule has 0 saturated heterocycles. The van der Waals surface area contributed by atoms with Gasteiger partial charge < -0.3 is 9.46 Å². The fourth-order valence-corrected chi connectivity index (χ4v) is 4.37. The van der Waals surface area contributed by atoms with E-state index in [1.165, 1.54) is 35.4 Å². The van der Waals surface area contributed by atoms with Crippen LogP contribution in [-0.2, 0) is 0 Å². The molecule has 0 spiro atoms. The van der Waals surface area contributed by atoms with Crippen LogP contribution in [0.1, 0.15) is 5.56 Å². The Balaban J connectivity index is 1.45. The summed E-state index contributed by atoms with van der Waals surface area (Å²) in [5.74, 6) is 1.31. The van der Waals surface area contributed by atoms with E-state index >= 15 is 0 Å². The van der Waals surface area contributed by atoms with Crippen molar-refractivity contribution >= 4 is 29.1 Å². The molecule has 0 bridgehead atoms. The lowest BCUT2D eigenvalue weighted by Gasteiger charge is -2.13. The Kier molecular flexibility index (Phi) is 6.20. The van der Waals surface area contributed by atoms with Crippen LogP contribution in [0.3, 0.4) is 0 Å². The van der Waals surface area contributed by atoms with E-state index < -0.39 is 0 Å². The molecule has 2 aromatic carbocycles. The van der Waals surface area contributed by atoms with Gasteiger partial charge in [0.1, 0.15) is 23.5 Å². The maximum Gasteiger partial charge on any atom is 0.153 e. The van der Waals surface area contributed by atoms with Crippen LogP contribution < -0.4 is 9.46 Å². The number of rotatable bonds is 7. The fourth-order valence-electron chi connectivity index (χ4n) is 3.17. The smallest absolute Gasteiger partial charge is 0.153 e. The highest BCUT2D eigenvalue weighted by atomic mass is 32.2. The molecule has 0 atom stereocenters. The monoisotopic (exact) mass is 486 g/mol. The van der Waals surface area contributed by atoms with Crippen molar-refractivity contribution in [3.63, 3.8) is 0 Å². The topological polar surface area (TPSA) is 99.5 Å². The Morgan fingerprint density at radius 1 is 1.03 bits per heavy atom. The lowest BCUT2D eigenvalue weighted by molar-refractivity contribution is 0.480. The SMILES string of the molecule is N#Cc1cc(SNc2cscn2)ccc1Oc1cnc(-c2ccc(F)cc2)cc1-c1cn[nH]c1. The van der Waals surface area contributed by atoms with Crippen molar-refractivity contribution in [2.24, 2.45) is 0 Å². The summed E-state index contributed by atoms with van der Waals surface area (Å²) in [7, 11) is 0. The number of H-pyrrole nitrogens is 1. The summed E-state index contributed by atoms with van der Waals surface area (Å²) in [5, 5.41) is 18.4. The number of thiazole rings is 1. The number of benzene rings is 2. The summed E-state index contributed by atoms with van der Waals surface area (Å²) < 4.78 is 22.6. The van der Waals surface area contributed by atoms with Gasteiger partial charge in [0.05, 0.1) is 29.2 Å². The first kappa shape index (κ1) is 21.6. The minimum Gasteiger partial charge on any atom is -0.454 e. The lowest BCUT2D eigenvalue weighted by atomic mass is 10.1. The van der Waals surface area contributed by atoms with Crippen molar-refractivity contribution in [2.75, 3.05) is 4.72 Å². The Labute approximate surface area is 202 Å². The number of hydrogen-bond acceptors (Lipinski definition) is 8. The third-order valence-electron chi connectivity index (χ3n) is 4.81. The van der Waals surface area contributed by atoms with Crippen molar-refractivity contribution in [1.82, 2.24) is 20.2 Å². The Hall–Kier alpha value is -4.20. The number of nitrogens with zero attached hydrogens (tertiary/aromatic N) is 4. The first-order valence-electron chi connectivity index (χ1n) is 9.98. The maximum absolute atomic E-state index is 13.3. The Morgan fingerprint density at radius 3 is 2.65 bits per heavy atom. The summed E-state index contributed by atoms with van der Waals surface area (Å²) in [5.41, 5.74) is 5.07. The Morgan fingerprint density at radius 2 is 1.91 bits per heavy atom. The number of nitrogens with one attached hydrogen (secondary N) is 2. The van der Waals surface area contributed by atoms with E-state index in [0.717, 1.165) is 27.4 Å². The molecule has 0 aliphatic rings. The van der Waals surface area contributed by atoms with Gasteiger partial charge in [-0.1, -0.05) is 0 Å². The van der Waals surface area contributed by atoms with Crippen molar-refractivity contribution in [2.45, 2.75) is 4.90 Å². The predicted octanol–water partition coefficient (Wildman–Crippen LogP) is 6.52. The number of ether oxygens (including phenoxy) is 1. The summed E-state index contributed by atoms with van der Waals surface area (Å²) in [6.07, 6.45) is 5.01. The largest absolute Gasteiger partial charge is 0.454 e. The molecular formula is C24H15FN6OS2. The van der Waals surface area contributed by atoms with Crippen molar-refractivity contribution in [3.05, 3.63) is 89.4 Å². The van der Waals surface area contributed by atoms with Gasteiger partial charge in [-0.15, -0.1) is 11.3 Å². The molecule has 10 heteroatoms. The second kappa shape index (κ2) is 9.74. The van der Waals surface area contributed by atoms with Gasteiger partial charge in [0.15, 0.2) is 5.75 Å². The van der Waals surface area contributed by atoms with E-state index in [2.05, 4.69) is 31.0 Å². The van der Waals surface area contributed by atoms with Gasteiger partial charge in [0.25, 0.3) is 0 Å². The molecule has 0 saturated carbocycles. The molecule has 7 nitrogen and oxygen atoms in total. The number of aromatic nitrogens is 4. The molecule has 0 aliphatic carbocycles. The molecule has 0 amide bonds. The van der Waals surface area contributed by atoms with Crippen molar-refractivity contribution in [3.8, 4) is 40.0 Å². The van der Waals surface area contributed by atoms with Gasteiger partial charge in [-0.25, -0.2) is 9.37 Å². The van der Waals surface area contributed by atoms with E-state index in [0.29, 0.717) is 22.8 Å². The second-order valence-electron chi connectivity index (χ2n) is 7.01. The lowest BCUT2D eigenvalue weighted by Crippen LogP contribution is -1.95. The molecule has 2 N–H and O–H groups in total. The number of hydrogen-bond donors (Lipinski definition) is 2. The molecule has 0 fully saturated rings.